The minimum absolute atomic E-state index is 0.0135. The normalized spacial score (nSPS) is 48.6. The van der Waals surface area contributed by atoms with Gasteiger partial charge in [-0.3, -0.25) is 0 Å². The van der Waals surface area contributed by atoms with Crippen molar-refractivity contribution in [3.63, 3.8) is 0 Å². The van der Waals surface area contributed by atoms with E-state index in [9.17, 15) is 111 Å². The third-order valence-corrected chi connectivity index (χ3v) is 21.3. The number of esters is 3. The van der Waals surface area contributed by atoms with Crippen molar-refractivity contribution >= 4 is 17.9 Å². The molecule has 0 aromatic heterocycles. The summed E-state index contributed by atoms with van der Waals surface area (Å²) in [6.45, 7) is -2.70. The number of carbonyl (C=O) groups excluding carboxylic acids is 3. The van der Waals surface area contributed by atoms with Gasteiger partial charge in [0.15, 0.2) is 31.3 Å². The average Bonchev–Trinajstić information content (AvgIpc) is 1.18. The summed E-state index contributed by atoms with van der Waals surface area (Å²) < 4.78 is 71.6. The van der Waals surface area contributed by atoms with Crippen molar-refractivity contribution in [3.05, 3.63) is 36.5 Å². The molecule has 564 valence electrons. The standard InChI is InChI=1S/C65H100O34/c66-22-43-53(81)61(99-49(77)14-6-28-3-10-34(69)39(74)17-28)65(95-43)90-25-46-52(80)56(84)59(87)64(98-46)94-42-21-31-36(71)19-30(91-62-57(85)54(82)50(78)44(96-62)23-88-47(75)12-4-26-1-8-32(67)37(72)15-26)20-40(31)92-60(42)29-7-11-35(70)41(18-29)93-63-58(86)55(83)51(79)45(97-63)24-89-48(76)13-5-27-2-9-33(68)38(73)16-27/h4-6,12-14,26-46,50-74,78-87H,1-3,7-11,15-25H2/t26?,27?,28?,29?,30?,31?,32?,33?,34?,35?,36?,37?,38?,39?,40?,41?,42?,43-,44+,45+,46+,50+,51+,52+,53-,54-,55-,56-,57+,58+,59+,60?,61+,62+,63+,64+,65+/m0/s1. The Bertz CT molecular complexity index is 2680. The van der Waals surface area contributed by atoms with E-state index in [0.717, 1.165) is 18.2 Å². The van der Waals surface area contributed by atoms with E-state index in [0.29, 0.717) is 38.5 Å². The van der Waals surface area contributed by atoms with Crippen LogP contribution in [0.5, 0.6) is 0 Å². The molecule has 0 bridgehead atoms. The molecule has 0 amide bonds. The van der Waals surface area contributed by atoms with Crippen LogP contribution in [0, 0.1) is 29.6 Å². The van der Waals surface area contributed by atoms with E-state index in [-0.39, 0.29) is 75.5 Å². The molecule has 99 heavy (non-hydrogen) atoms. The Kier molecular flexibility index (Phi) is 27.7. The van der Waals surface area contributed by atoms with Crippen LogP contribution < -0.4 is 0 Å². The summed E-state index contributed by atoms with van der Waals surface area (Å²) in [5, 5.41) is 205. The lowest BCUT2D eigenvalue weighted by atomic mass is 9.72. The molecule has 0 radical (unpaired) electrons. The first-order valence-corrected chi connectivity index (χ1v) is 34.4. The number of hydrogen-bond donors (Lipinski definition) is 19. The number of aliphatic hydroxyl groups excluding tert-OH is 19. The third kappa shape index (κ3) is 19.3. The molecule has 0 aromatic carbocycles. The zero-order chi connectivity index (χ0) is 71.3. The lowest BCUT2D eigenvalue weighted by Crippen LogP contribution is -2.63. The molecule has 10 fully saturated rings. The molecule has 0 spiro atoms. The fourth-order valence-electron chi connectivity index (χ4n) is 15.2. The molecule has 5 aliphatic carbocycles. The van der Waals surface area contributed by atoms with Gasteiger partial charge in [-0.1, -0.05) is 18.2 Å². The second-order valence-corrected chi connectivity index (χ2v) is 28.3. The first-order chi connectivity index (χ1) is 47.1. The number of carbonyl (C=O) groups is 3. The topological polar surface area (TPSA) is 546 Å². The molecule has 19 N–H and O–H groups in total. The highest BCUT2D eigenvalue weighted by molar-refractivity contribution is 5.82. The quantitative estimate of drug-likeness (QED) is 0.0272. The molecule has 10 aliphatic rings. The largest absolute Gasteiger partial charge is 0.460 e. The molecule has 0 aromatic rings. The first kappa shape index (κ1) is 78.1. The minimum atomic E-state index is -2.00. The van der Waals surface area contributed by atoms with Gasteiger partial charge in [-0.05, 0) is 107 Å². The lowest BCUT2D eigenvalue weighted by Gasteiger charge is -2.52. The van der Waals surface area contributed by atoms with Crippen LogP contribution in [0.15, 0.2) is 36.5 Å². The Labute approximate surface area is 569 Å². The van der Waals surface area contributed by atoms with E-state index < -0.39 is 252 Å². The molecule has 18 unspecified atom stereocenters. The van der Waals surface area contributed by atoms with Gasteiger partial charge in [-0.2, -0.15) is 0 Å². The van der Waals surface area contributed by atoms with Crippen LogP contribution >= 0.6 is 0 Å². The fourth-order valence-corrected chi connectivity index (χ4v) is 15.2. The Balaban J connectivity index is 0.827. The predicted octanol–water partition coefficient (Wildman–Crippen LogP) is -7.02. The molecule has 34 nitrogen and oxygen atoms in total. The van der Waals surface area contributed by atoms with Crippen LogP contribution in [-0.2, 0) is 71.2 Å². The minimum Gasteiger partial charge on any atom is -0.460 e. The average molecular weight is 1430 g/mol. The van der Waals surface area contributed by atoms with Crippen molar-refractivity contribution in [2.75, 3.05) is 26.4 Å². The molecule has 10 rings (SSSR count). The van der Waals surface area contributed by atoms with Crippen LogP contribution in [0.3, 0.4) is 0 Å². The van der Waals surface area contributed by atoms with Crippen LogP contribution in [-0.4, -0.2) is 337 Å². The van der Waals surface area contributed by atoms with Gasteiger partial charge in [0.05, 0.1) is 92.6 Å². The van der Waals surface area contributed by atoms with Gasteiger partial charge in [0.1, 0.15) is 98.7 Å². The molecule has 5 heterocycles. The summed E-state index contributed by atoms with van der Waals surface area (Å²) in [5.74, 6) is -4.97. The van der Waals surface area contributed by atoms with E-state index in [2.05, 4.69) is 0 Å². The van der Waals surface area contributed by atoms with Gasteiger partial charge in [0, 0.05) is 37.0 Å². The molecule has 5 aliphatic heterocycles. The number of hydrogen-bond acceptors (Lipinski definition) is 34. The summed E-state index contributed by atoms with van der Waals surface area (Å²) in [6.07, 6.45) is -36.1. The number of allylic oxidation sites excluding steroid dienone is 3. The summed E-state index contributed by atoms with van der Waals surface area (Å²) in [5.41, 5.74) is 0. The molecule has 37 atom stereocenters. The maximum absolute atomic E-state index is 13.1. The highest BCUT2D eigenvalue weighted by atomic mass is 16.8. The Morgan fingerprint density at radius 2 is 0.798 bits per heavy atom. The van der Waals surface area contributed by atoms with E-state index >= 15 is 0 Å². The van der Waals surface area contributed by atoms with E-state index in [1.165, 1.54) is 18.2 Å². The van der Waals surface area contributed by atoms with E-state index in [1.54, 1.807) is 0 Å². The van der Waals surface area contributed by atoms with E-state index in [1.807, 2.05) is 0 Å². The maximum atomic E-state index is 13.1. The van der Waals surface area contributed by atoms with Crippen LogP contribution in [0.2, 0.25) is 0 Å². The summed E-state index contributed by atoms with van der Waals surface area (Å²) in [7, 11) is 0. The Hall–Kier alpha value is -3.49. The van der Waals surface area contributed by atoms with Crippen molar-refractivity contribution in [2.45, 2.75) is 292 Å². The smallest absolute Gasteiger partial charge is 0.330 e. The third-order valence-electron chi connectivity index (χ3n) is 21.3. The van der Waals surface area contributed by atoms with Gasteiger partial charge in [0.25, 0.3) is 0 Å². The molecule has 5 saturated carbocycles. The monoisotopic (exact) mass is 1420 g/mol. The summed E-state index contributed by atoms with van der Waals surface area (Å²) in [6, 6.07) is 0. The highest BCUT2D eigenvalue weighted by Crippen LogP contribution is 2.46. The zero-order valence-corrected chi connectivity index (χ0v) is 54.4. The Morgan fingerprint density at radius 3 is 1.27 bits per heavy atom. The van der Waals surface area contributed by atoms with Gasteiger partial charge in [0.2, 0.25) is 0 Å². The molecular weight excluding hydrogens is 1320 g/mol. The summed E-state index contributed by atoms with van der Waals surface area (Å²) in [4.78, 5) is 38.7. The number of ether oxygens (including phenoxy) is 12. The predicted molar refractivity (Wildman–Crippen MR) is 325 cm³/mol. The van der Waals surface area contributed by atoms with Gasteiger partial charge in [-0.15, -0.1) is 0 Å². The lowest BCUT2D eigenvalue weighted by molar-refractivity contribution is -0.344. The van der Waals surface area contributed by atoms with Crippen molar-refractivity contribution in [1.82, 2.24) is 0 Å². The van der Waals surface area contributed by atoms with Gasteiger partial charge in [-0.25, -0.2) is 14.4 Å². The zero-order valence-electron chi connectivity index (χ0n) is 54.4. The van der Waals surface area contributed by atoms with Gasteiger partial charge < -0.3 is 154 Å². The number of fused-ring (bicyclic) bond motifs is 1. The number of rotatable bonds is 22. The number of aliphatic hydroxyl groups is 19. The summed E-state index contributed by atoms with van der Waals surface area (Å²) >= 11 is 0. The second-order valence-electron chi connectivity index (χ2n) is 28.3. The van der Waals surface area contributed by atoms with Crippen molar-refractivity contribution in [3.8, 4) is 0 Å². The molecule has 34 heteroatoms. The first-order valence-electron chi connectivity index (χ1n) is 34.4. The van der Waals surface area contributed by atoms with Crippen molar-refractivity contribution in [1.29, 1.82) is 0 Å². The van der Waals surface area contributed by atoms with Crippen molar-refractivity contribution in [2.24, 2.45) is 29.6 Å². The fraction of sp³-hybridized carbons (Fsp3) is 0.862. The van der Waals surface area contributed by atoms with Crippen LogP contribution in [0.4, 0.5) is 0 Å². The molecule has 5 saturated heterocycles. The molecular formula is C65H100O34. The van der Waals surface area contributed by atoms with E-state index in [4.69, 9.17) is 56.8 Å². The van der Waals surface area contributed by atoms with Crippen molar-refractivity contribution < 1.29 is 168 Å². The second kappa shape index (κ2) is 35.1. The van der Waals surface area contributed by atoms with Crippen LogP contribution in [0.25, 0.3) is 0 Å². The Morgan fingerprint density at radius 1 is 0.364 bits per heavy atom. The van der Waals surface area contributed by atoms with Gasteiger partial charge >= 0.3 is 17.9 Å². The SMILES string of the molecule is O=C(C=CC1CCC(O)C(O)C1)OC[C@H]1O[C@@H](OC2CC(O)C3CC(O[C@@H]4O[C@H](CO[C@@H]5O[C@@H](CO)[C@H](O)[C@H]5OC(=O)C=CC5CCC(O)C(O)C5)[C@@H](O)[C@H](O)[C@H]4O)C(C4CCC(O)C(O[C@@H]5O[C@H](COC(=O)C=CC6CCC(O)C(O)C6)[C@@H](O)[C@H](O)[C@H]5O)C4)OC3C2)[C@H](O)[C@@H](O)[C@@H]1O. The highest BCUT2D eigenvalue weighted by Gasteiger charge is 2.56. The van der Waals surface area contributed by atoms with Crippen LogP contribution in [0.1, 0.15) is 96.3 Å². The maximum Gasteiger partial charge on any atom is 0.330 e.